The Kier molecular flexibility index (Phi) is 13.5. The average molecular weight is 855 g/mol. The zero-order valence-electron chi connectivity index (χ0n) is 33.7. The highest BCUT2D eigenvalue weighted by Crippen LogP contribution is 2.42. The standard InChI is InChI=1S/C46H42N6O9S/c1-59-44-25-39(49-47-35-15-13-31-10-6-11-43(37(31)24-35)61-18-7-19-62(56,57)58)33(27-53)22-42(44)52-50-40-26-45(60-2)41(23-34(40)28-54)51-48-38-17-14-32-21-30(12-16-36(32)46(38)55)20-29-8-4-3-5-9-29/h3-6,8-17,21-26,53-55H,7,18-20,27-28H2,1-2H3,(H,56,57,58). The Morgan fingerprint density at radius 1 is 0.548 bits per heavy atom. The highest BCUT2D eigenvalue weighted by atomic mass is 32.2. The molecule has 0 saturated carbocycles. The first-order valence-electron chi connectivity index (χ1n) is 19.3. The van der Waals surface area contributed by atoms with Crippen molar-refractivity contribution in [2.24, 2.45) is 30.7 Å². The molecule has 0 spiro atoms. The van der Waals surface area contributed by atoms with Crippen LogP contribution in [0.2, 0.25) is 0 Å². The van der Waals surface area contributed by atoms with Crippen LogP contribution in [0.15, 0.2) is 152 Å². The van der Waals surface area contributed by atoms with Crippen LogP contribution in [-0.4, -0.2) is 54.9 Å². The van der Waals surface area contributed by atoms with Gasteiger partial charge in [0.15, 0.2) is 5.75 Å². The fraction of sp³-hybridized carbons (Fsp3) is 0.174. The van der Waals surface area contributed by atoms with Gasteiger partial charge in [0.05, 0.1) is 56.9 Å². The lowest BCUT2D eigenvalue weighted by Gasteiger charge is -2.11. The van der Waals surface area contributed by atoms with E-state index in [0.717, 1.165) is 28.1 Å². The molecule has 7 rings (SSSR count). The molecular weight excluding hydrogens is 813 g/mol. The second-order valence-corrected chi connectivity index (χ2v) is 15.6. The quantitative estimate of drug-likeness (QED) is 0.0388. The van der Waals surface area contributed by atoms with E-state index >= 15 is 0 Å². The van der Waals surface area contributed by atoms with Crippen molar-refractivity contribution in [2.75, 3.05) is 26.6 Å². The molecule has 0 heterocycles. The largest absolute Gasteiger partial charge is 0.505 e. The third kappa shape index (κ3) is 10.4. The molecule has 7 aromatic carbocycles. The van der Waals surface area contributed by atoms with Gasteiger partial charge in [0.2, 0.25) is 0 Å². The number of fused-ring (bicyclic) bond motifs is 2. The Labute approximate surface area is 357 Å². The maximum absolute atomic E-state index is 11.1. The molecule has 16 heteroatoms. The molecule has 0 aromatic heterocycles. The number of aliphatic hydroxyl groups excluding tert-OH is 2. The van der Waals surface area contributed by atoms with Crippen molar-refractivity contribution >= 4 is 65.8 Å². The number of nitrogens with zero attached hydrogens (tertiary/aromatic N) is 6. The topological polar surface area (TPSA) is 217 Å². The van der Waals surface area contributed by atoms with Gasteiger partial charge in [-0.25, -0.2) is 0 Å². The van der Waals surface area contributed by atoms with Gasteiger partial charge in [-0.15, -0.1) is 20.5 Å². The van der Waals surface area contributed by atoms with Gasteiger partial charge < -0.3 is 29.5 Å². The van der Waals surface area contributed by atoms with E-state index in [0.29, 0.717) is 33.6 Å². The first-order chi connectivity index (χ1) is 30.0. The SMILES string of the molecule is COc1cc(N=Nc2ccc3cccc(OCCCS(=O)(=O)O)c3c2)c(CO)cc1N=Nc1cc(OC)c(N=Nc2ccc3cc(Cc4ccccc4)ccc3c2O)cc1CO. The molecule has 0 aliphatic heterocycles. The number of rotatable bonds is 17. The van der Waals surface area contributed by atoms with E-state index in [2.05, 4.69) is 42.8 Å². The van der Waals surface area contributed by atoms with Crippen LogP contribution in [0.1, 0.15) is 28.7 Å². The first kappa shape index (κ1) is 43.0. The number of phenolic OH excluding ortho intramolecular Hbond substituents is 1. The van der Waals surface area contributed by atoms with E-state index in [1.54, 1.807) is 48.5 Å². The molecule has 0 radical (unpaired) electrons. The summed E-state index contributed by atoms with van der Waals surface area (Å²) in [4.78, 5) is 0. The summed E-state index contributed by atoms with van der Waals surface area (Å²) >= 11 is 0. The summed E-state index contributed by atoms with van der Waals surface area (Å²) in [6, 6.07) is 36.7. The van der Waals surface area contributed by atoms with E-state index < -0.39 is 29.1 Å². The predicted molar refractivity (Wildman–Crippen MR) is 236 cm³/mol. The molecule has 62 heavy (non-hydrogen) atoms. The van der Waals surface area contributed by atoms with Crippen molar-refractivity contribution in [1.29, 1.82) is 0 Å². The molecule has 0 fully saturated rings. The van der Waals surface area contributed by atoms with E-state index in [-0.39, 0.29) is 53.0 Å². The number of azo groups is 3. The smallest absolute Gasteiger partial charge is 0.264 e. The van der Waals surface area contributed by atoms with Gasteiger partial charge in [-0.1, -0.05) is 72.8 Å². The molecule has 0 aliphatic rings. The van der Waals surface area contributed by atoms with Crippen molar-refractivity contribution in [1.82, 2.24) is 0 Å². The van der Waals surface area contributed by atoms with Crippen LogP contribution < -0.4 is 14.2 Å². The highest BCUT2D eigenvalue weighted by Gasteiger charge is 2.15. The molecule has 0 aliphatic carbocycles. The van der Waals surface area contributed by atoms with Crippen LogP contribution in [0.4, 0.5) is 34.1 Å². The van der Waals surface area contributed by atoms with Crippen molar-refractivity contribution < 1.29 is 42.5 Å². The zero-order chi connectivity index (χ0) is 43.6. The van der Waals surface area contributed by atoms with Gasteiger partial charge in [-0.05, 0) is 71.1 Å². The minimum Gasteiger partial charge on any atom is -0.505 e. The molecular formula is C46H42N6O9S. The normalized spacial score (nSPS) is 12.0. The molecule has 0 atom stereocenters. The molecule has 0 unspecified atom stereocenters. The Morgan fingerprint density at radius 3 is 1.82 bits per heavy atom. The zero-order valence-corrected chi connectivity index (χ0v) is 34.5. The molecule has 316 valence electrons. The first-order valence-corrected chi connectivity index (χ1v) is 20.9. The summed E-state index contributed by atoms with van der Waals surface area (Å²) in [7, 11) is -1.18. The lowest BCUT2D eigenvalue weighted by molar-refractivity contribution is 0.282. The second-order valence-electron chi connectivity index (χ2n) is 14.0. The van der Waals surface area contributed by atoms with Gasteiger partial charge in [0, 0.05) is 34.0 Å². The number of ether oxygens (including phenoxy) is 3. The number of aromatic hydroxyl groups is 1. The fourth-order valence-electron chi connectivity index (χ4n) is 6.67. The molecule has 0 amide bonds. The molecule has 4 N–H and O–H groups in total. The van der Waals surface area contributed by atoms with Crippen LogP contribution in [0, 0.1) is 0 Å². The number of hydrogen-bond acceptors (Lipinski definition) is 14. The molecule has 0 bridgehead atoms. The monoisotopic (exact) mass is 854 g/mol. The second kappa shape index (κ2) is 19.5. The summed E-state index contributed by atoms with van der Waals surface area (Å²) < 4.78 is 48.2. The Morgan fingerprint density at radius 2 is 1.18 bits per heavy atom. The fourth-order valence-corrected chi connectivity index (χ4v) is 7.15. The van der Waals surface area contributed by atoms with Gasteiger partial charge in [0.25, 0.3) is 10.1 Å². The van der Waals surface area contributed by atoms with Crippen LogP contribution in [0.3, 0.4) is 0 Å². The number of phenols is 1. The summed E-state index contributed by atoms with van der Waals surface area (Å²) in [6.07, 6.45) is 0.880. The van der Waals surface area contributed by atoms with Gasteiger partial charge in [-0.3, -0.25) is 4.55 Å². The number of aliphatic hydroxyl groups is 2. The summed E-state index contributed by atoms with van der Waals surface area (Å²) in [5.74, 6) is 0.652. The van der Waals surface area contributed by atoms with Crippen LogP contribution in [-0.2, 0) is 29.8 Å². The lowest BCUT2D eigenvalue weighted by Crippen LogP contribution is -2.08. The summed E-state index contributed by atoms with van der Waals surface area (Å²) in [6.45, 7) is -0.740. The molecule has 7 aromatic rings. The lowest BCUT2D eigenvalue weighted by atomic mass is 10.0. The Bertz CT molecular complexity index is 2940. The van der Waals surface area contributed by atoms with E-state index in [4.69, 9.17) is 18.8 Å². The van der Waals surface area contributed by atoms with E-state index in [9.17, 15) is 23.7 Å². The maximum atomic E-state index is 11.1. The van der Waals surface area contributed by atoms with E-state index in [1.807, 2.05) is 60.7 Å². The number of methoxy groups -OCH3 is 2. The highest BCUT2D eigenvalue weighted by molar-refractivity contribution is 7.85. The Balaban J connectivity index is 1.10. The minimum atomic E-state index is -4.09. The van der Waals surface area contributed by atoms with Crippen molar-refractivity contribution in [3.05, 3.63) is 144 Å². The average Bonchev–Trinajstić information content (AvgIpc) is 3.28. The van der Waals surface area contributed by atoms with Gasteiger partial charge >= 0.3 is 0 Å². The van der Waals surface area contributed by atoms with E-state index in [1.165, 1.54) is 19.8 Å². The maximum Gasteiger partial charge on any atom is 0.264 e. The van der Waals surface area contributed by atoms with Crippen LogP contribution in [0.25, 0.3) is 21.5 Å². The number of hydrogen-bond donors (Lipinski definition) is 4. The third-order valence-corrected chi connectivity index (χ3v) is 10.6. The van der Waals surface area contributed by atoms with Crippen LogP contribution >= 0.6 is 0 Å². The van der Waals surface area contributed by atoms with Crippen LogP contribution in [0.5, 0.6) is 23.0 Å². The van der Waals surface area contributed by atoms with Gasteiger partial charge in [0.1, 0.15) is 34.3 Å². The van der Waals surface area contributed by atoms with Crippen molar-refractivity contribution in [3.8, 4) is 23.0 Å². The van der Waals surface area contributed by atoms with Crippen molar-refractivity contribution in [3.63, 3.8) is 0 Å². The third-order valence-electron chi connectivity index (χ3n) is 9.82. The molecule has 15 nitrogen and oxygen atoms in total. The van der Waals surface area contributed by atoms with Crippen molar-refractivity contribution in [2.45, 2.75) is 26.1 Å². The minimum absolute atomic E-state index is 0.0172. The summed E-state index contributed by atoms with van der Waals surface area (Å²) in [5.41, 5.74) is 4.93. The predicted octanol–water partition coefficient (Wildman–Crippen LogP) is 11.2. The van der Waals surface area contributed by atoms with Gasteiger partial charge in [-0.2, -0.15) is 18.6 Å². The Hall–Kier alpha value is -7.11. The summed E-state index contributed by atoms with van der Waals surface area (Å²) in [5, 5.41) is 61.0. The molecule has 0 saturated heterocycles. The number of benzene rings is 7.